The quantitative estimate of drug-likeness (QED) is 0.907. The topological polar surface area (TPSA) is 38.9 Å². The van der Waals surface area contributed by atoms with Gasteiger partial charge in [0.05, 0.1) is 17.4 Å². The molecule has 0 radical (unpaired) electrons. The summed E-state index contributed by atoms with van der Waals surface area (Å²) in [5, 5.41) is 0. The molecule has 0 saturated carbocycles. The first kappa shape index (κ1) is 12.6. The van der Waals surface area contributed by atoms with Gasteiger partial charge in [-0.15, -0.1) is 0 Å². The Labute approximate surface area is 104 Å². The number of nitrogens with zero attached hydrogens (tertiary/aromatic N) is 1. The van der Waals surface area contributed by atoms with E-state index < -0.39 is 11.4 Å². The van der Waals surface area contributed by atoms with Gasteiger partial charge in [-0.1, -0.05) is 18.2 Å². The molecule has 4 heteroatoms. The molecule has 0 aliphatic heterocycles. The summed E-state index contributed by atoms with van der Waals surface area (Å²) in [6.45, 7) is 1.75. The third-order valence-corrected chi connectivity index (χ3v) is 2.83. The Bertz CT molecular complexity index is 536. The number of halogens is 2. The molecule has 0 fully saturated rings. The minimum absolute atomic E-state index is 0.295. The highest BCUT2D eigenvalue weighted by molar-refractivity contribution is 5.24. The molecule has 1 heterocycles. The molecule has 0 amide bonds. The monoisotopic (exact) mass is 248 g/mol. The van der Waals surface area contributed by atoms with Crippen LogP contribution in [-0.4, -0.2) is 4.98 Å². The molecule has 1 aromatic carbocycles. The van der Waals surface area contributed by atoms with Crippen molar-refractivity contribution in [3.05, 3.63) is 65.5 Å². The van der Waals surface area contributed by atoms with Crippen molar-refractivity contribution in [3.8, 4) is 0 Å². The lowest BCUT2D eigenvalue weighted by atomic mass is 9.90. The second-order valence-corrected chi connectivity index (χ2v) is 4.55. The average Bonchev–Trinajstić information content (AvgIpc) is 2.32. The Morgan fingerprint density at radius 3 is 2.50 bits per heavy atom. The molecule has 0 spiro atoms. The third-order valence-electron chi connectivity index (χ3n) is 2.83. The fraction of sp³-hybridized carbons (Fsp3) is 0.214. The van der Waals surface area contributed by atoms with E-state index in [-0.39, 0.29) is 5.82 Å². The Morgan fingerprint density at radius 1 is 1.17 bits per heavy atom. The van der Waals surface area contributed by atoms with Crippen LogP contribution in [0.5, 0.6) is 0 Å². The van der Waals surface area contributed by atoms with Gasteiger partial charge in [0.15, 0.2) is 0 Å². The van der Waals surface area contributed by atoms with E-state index in [9.17, 15) is 8.78 Å². The molecule has 2 nitrogen and oxygen atoms in total. The Balaban J connectivity index is 2.27. The molecule has 1 unspecified atom stereocenters. The predicted octanol–water partition coefficient (Wildman–Crippen LogP) is 2.78. The van der Waals surface area contributed by atoms with E-state index in [0.717, 1.165) is 6.20 Å². The Morgan fingerprint density at radius 2 is 1.89 bits per heavy atom. The largest absolute Gasteiger partial charge is 0.320 e. The fourth-order valence-corrected chi connectivity index (χ4v) is 1.84. The average molecular weight is 248 g/mol. The second kappa shape index (κ2) is 4.82. The summed E-state index contributed by atoms with van der Waals surface area (Å²) in [4.78, 5) is 3.95. The highest BCUT2D eigenvalue weighted by atomic mass is 19.1. The van der Waals surface area contributed by atoms with Crippen LogP contribution in [0.25, 0.3) is 0 Å². The van der Waals surface area contributed by atoms with E-state index >= 15 is 0 Å². The van der Waals surface area contributed by atoms with Gasteiger partial charge in [-0.3, -0.25) is 4.98 Å². The van der Waals surface area contributed by atoms with E-state index in [0.29, 0.717) is 17.7 Å². The van der Waals surface area contributed by atoms with Crippen LogP contribution in [0.15, 0.2) is 42.6 Å². The lowest BCUT2D eigenvalue weighted by Crippen LogP contribution is -2.36. The Kier molecular flexibility index (Phi) is 3.39. The van der Waals surface area contributed by atoms with Gasteiger partial charge in [-0.25, -0.2) is 8.78 Å². The first-order chi connectivity index (χ1) is 8.49. The van der Waals surface area contributed by atoms with E-state index in [2.05, 4.69) is 4.98 Å². The van der Waals surface area contributed by atoms with E-state index in [1.807, 2.05) is 0 Å². The molecule has 2 aromatic rings. The van der Waals surface area contributed by atoms with Gasteiger partial charge in [-0.2, -0.15) is 0 Å². The molecule has 2 rings (SSSR count). The lowest BCUT2D eigenvalue weighted by Gasteiger charge is -2.24. The van der Waals surface area contributed by atoms with Crippen LogP contribution in [0.2, 0.25) is 0 Å². The standard InChI is InChI=1S/C14H14F2N2/c1-14(17,13-7-6-11(15)9-18-13)8-10-4-2-3-5-12(10)16/h2-7,9H,8,17H2,1H3. The maximum atomic E-state index is 13.6. The van der Waals surface area contributed by atoms with Crippen molar-refractivity contribution < 1.29 is 8.78 Å². The van der Waals surface area contributed by atoms with Crippen LogP contribution < -0.4 is 5.73 Å². The maximum Gasteiger partial charge on any atom is 0.141 e. The van der Waals surface area contributed by atoms with Gasteiger partial charge >= 0.3 is 0 Å². The fourth-order valence-electron chi connectivity index (χ4n) is 1.84. The van der Waals surface area contributed by atoms with Crippen molar-refractivity contribution in [1.82, 2.24) is 4.98 Å². The van der Waals surface area contributed by atoms with Gasteiger partial charge < -0.3 is 5.73 Å². The number of hydrogen-bond acceptors (Lipinski definition) is 2. The molecule has 94 valence electrons. The summed E-state index contributed by atoms with van der Waals surface area (Å²) in [6, 6.07) is 9.29. The number of rotatable bonds is 3. The molecule has 2 N–H and O–H groups in total. The minimum atomic E-state index is -0.837. The second-order valence-electron chi connectivity index (χ2n) is 4.55. The number of aromatic nitrogens is 1. The highest BCUT2D eigenvalue weighted by Crippen LogP contribution is 2.22. The van der Waals surface area contributed by atoms with Crippen molar-refractivity contribution in [3.63, 3.8) is 0 Å². The lowest BCUT2D eigenvalue weighted by molar-refractivity contribution is 0.459. The zero-order chi connectivity index (χ0) is 13.2. The molecule has 0 aliphatic carbocycles. The number of benzene rings is 1. The summed E-state index contributed by atoms with van der Waals surface area (Å²) in [6.07, 6.45) is 1.42. The van der Waals surface area contributed by atoms with Crippen LogP contribution in [0.4, 0.5) is 8.78 Å². The van der Waals surface area contributed by atoms with E-state index in [4.69, 9.17) is 5.73 Å². The summed E-state index contributed by atoms with van der Waals surface area (Å²) in [5.74, 6) is -0.711. The zero-order valence-corrected chi connectivity index (χ0v) is 10.0. The van der Waals surface area contributed by atoms with Gasteiger partial charge in [0.1, 0.15) is 11.6 Å². The summed E-state index contributed by atoms with van der Waals surface area (Å²) < 4.78 is 26.4. The molecular formula is C14H14F2N2. The van der Waals surface area contributed by atoms with Crippen LogP contribution in [-0.2, 0) is 12.0 Å². The molecule has 18 heavy (non-hydrogen) atoms. The van der Waals surface area contributed by atoms with Crippen LogP contribution in [0, 0.1) is 11.6 Å². The molecule has 1 aromatic heterocycles. The molecule has 0 saturated heterocycles. The van der Waals surface area contributed by atoms with Crippen LogP contribution in [0.1, 0.15) is 18.2 Å². The normalized spacial score (nSPS) is 14.2. The smallest absolute Gasteiger partial charge is 0.141 e. The third kappa shape index (κ3) is 2.71. The van der Waals surface area contributed by atoms with E-state index in [1.165, 1.54) is 18.2 Å². The maximum absolute atomic E-state index is 13.6. The molecular weight excluding hydrogens is 234 g/mol. The summed E-state index contributed by atoms with van der Waals surface area (Å²) in [7, 11) is 0. The number of hydrogen-bond donors (Lipinski definition) is 1. The minimum Gasteiger partial charge on any atom is -0.320 e. The van der Waals surface area contributed by atoms with Crippen molar-refractivity contribution in [2.24, 2.45) is 5.73 Å². The molecule has 0 bridgehead atoms. The first-order valence-electron chi connectivity index (χ1n) is 5.63. The Hall–Kier alpha value is -1.81. The highest BCUT2D eigenvalue weighted by Gasteiger charge is 2.24. The van der Waals surface area contributed by atoms with Crippen molar-refractivity contribution >= 4 is 0 Å². The van der Waals surface area contributed by atoms with Crippen molar-refractivity contribution in [1.29, 1.82) is 0 Å². The van der Waals surface area contributed by atoms with E-state index in [1.54, 1.807) is 25.1 Å². The summed E-state index contributed by atoms with van der Waals surface area (Å²) in [5.41, 5.74) is 6.36. The predicted molar refractivity (Wildman–Crippen MR) is 65.8 cm³/mol. The van der Waals surface area contributed by atoms with Gasteiger partial charge in [0.25, 0.3) is 0 Å². The van der Waals surface area contributed by atoms with Crippen LogP contribution in [0.3, 0.4) is 0 Å². The summed E-state index contributed by atoms with van der Waals surface area (Å²) >= 11 is 0. The molecule has 0 aliphatic rings. The van der Waals surface area contributed by atoms with Crippen molar-refractivity contribution in [2.75, 3.05) is 0 Å². The van der Waals surface area contributed by atoms with Crippen LogP contribution >= 0.6 is 0 Å². The van der Waals surface area contributed by atoms with Gasteiger partial charge in [0.2, 0.25) is 0 Å². The number of pyridine rings is 1. The van der Waals surface area contributed by atoms with Gasteiger partial charge in [0, 0.05) is 0 Å². The molecule has 1 atom stereocenters. The van der Waals surface area contributed by atoms with Crippen molar-refractivity contribution in [2.45, 2.75) is 18.9 Å². The first-order valence-corrected chi connectivity index (χ1v) is 5.63. The number of nitrogens with two attached hydrogens (primary N) is 1. The van der Waals surface area contributed by atoms with Gasteiger partial charge in [-0.05, 0) is 37.1 Å². The zero-order valence-electron chi connectivity index (χ0n) is 10.0. The SMILES string of the molecule is CC(N)(Cc1ccccc1F)c1ccc(F)cn1.